The number of fused-ring (bicyclic) bond motifs is 1. The van der Waals surface area contributed by atoms with Crippen LogP contribution in [0.5, 0.6) is 0 Å². The second-order valence-corrected chi connectivity index (χ2v) is 4.36. The molecule has 1 aromatic heterocycles. The Balaban J connectivity index is 2.31. The fourth-order valence-electron chi connectivity index (χ4n) is 1.95. The standard InChI is InChI=1S/C14H18N4O/c1-3-16-14(19)9(2)18-12-7-6-11(15)13-10(12)5-4-8-17-13/h4-9,18H,3,15H2,1-2H3,(H,16,19). The number of pyridine rings is 1. The number of rotatable bonds is 4. The first-order chi connectivity index (χ1) is 9.13. The summed E-state index contributed by atoms with van der Waals surface area (Å²) in [7, 11) is 0. The minimum absolute atomic E-state index is 0.0311. The molecule has 0 fully saturated rings. The number of nitrogens with one attached hydrogen (secondary N) is 2. The van der Waals surface area contributed by atoms with Crippen molar-refractivity contribution in [2.75, 3.05) is 17.6 Å². The summed E-state index contributed by atoms with van der Waals surface area (Å²) in [5.41, 5.74) is 8.13. The van der Waals surface area contributed by atoms with Crippen LogP contribution < -0.4 is 16.4 Å². The van der Waals surface area contributed by atoms with Gasteiger partial charge < -0.3 is 16.4 Å². The Labute approximate surface area is 112 Å². The van der Waals surface area contributed by atoms with Gasteiger partial charge in [0.05, 0.1) is 11.2 Å². The van der Waals surface area contributed by atoms with E-state index >= 15 is 0 Å². The molecule has 0 saturated heterocycles. The van der Waals surface area contributed by atoms with E-state index in [0.29, 0.717) is 12.2 Å². The summed E-state index contributed by atoms with van der Waals surface area (Å²) in [6, 6.07) is 7.14. The van der Waals surface area contributed by atoms with Gasteiger partial charge in [-0.05, 0) is 38.1 Å². The summed E-state index contributed by atoms with van der Waals surface area (Å²) in [6.45, 7) is 4.34. The molecular weight excluding hydrogens is 240 g/mol. The van der Waals surface area contributed by atoms with Crippen molar-refractivity contribution in [1.29, 1.82) is 0 Å². The van der Waals surface area contributed by atoms with Gasteiger partial charge in [-0.15, -0.1) is 0 Å². The molecule has 0 spiro atoms. The van der Waals surface area contributed by atoms with Gasteiger partial charge in [-0.1, -0.05) is 0 Å². The number of nitrogens with zero attached hydrogens (tertiary/aromatic N) is 1. The van der Waals surface area contributed by atoms with Crippen LogP contribution in [0.15, 0.2) is 30.5 Å². The maximum absolute atomic E-state index is 11.7. The molecule has 2 aromatic rings. The van der Waals surface area contributed by atoms with Crippen LogP contribution in [0.2, 0.25) is 0 Å². The molecule has 1 unspecified atom stereocenters. The summed E-state index contributed by atoms with van der Waals surface area (Å²) in [4.78, 5) is 16.0. The SMILES string of the molecule is CCNC(=O)C(C)Nc1ccc(N)c2ncccc12. The van der Waals surface area contributed by atoms with E-state index in [-0.39, 0.29) is 11.9 Å². The van der Waals surface area contributed by atoms with Crippen molar-refractivity contribution in [3.8, 4) is 0 Å². The normalized spacial score (nSPS) is 12.1. The highest BCUT2D eigenvalue weighted by Crippen LogP contribution is 2.26. The number of carbonyl (C=O) groups excluding carboxylic acids is 1. The maximum atomic E-state index is 11.7. The van der Waals surface area contributed by atoms with E-state index in [1.807, 2.05) is 32.0 Å². The lowest BCUT2D eigenvalue weighted by atomic mass is 10.1. The molecule has 19 heavy (non-hydrogen) atoms. The maximum Gasteiger partial charge on any atom is 0.242 e. The molecule has 5 nitrogen and oxygen atoms in total. The molecule has 100 valence electrons. The predicted octanol–water partition coefficient (Wildman–Crippen LogP) is 1.75. The van der Waals surface area contributed by atoms with Crippen LogP contribution in [0.1, 0.15) is 13.8 Å². The highest BCUT2D eigenvalue weighted by Gasteiger charge is 2.13. The number of aromatic nitrogens is 1. The third kappa shape index (κ3) is 2.76. The Hall–Kier alpha value is -2.30. The summed E-state index contributed by atoms with van der Waals surface area (Å²) < 4.78 is 0. The Kier molecular flexibility index (Phi) is 3.85. The zero-order valence-electron chi connectivity index (χ0n) is 11.1. The molecule has 0 aliphatic carbocycles. The summed E-state index contributed by atoms with van der Waals surface area (Å²) in [6.07, 6.45) is 1.70. The Morgan fingerprint density at radius 1 is 1.42 bits per heavy atom. The topological polar surface area (TPSA) is 80.0 Å². The third-order valence-electron chi connectivity index (χ3n) is 2.92. The lowest BCUT2D eigenvalue weighted by Gasteiger charge is -2.16. The van der Waals surface area contributed by atoms with Crippen molar-refractivity contribution in [3.63, 3.8) is 0 Å². The number of amides is 1. The first-order valence-electron chi connectivity index (χ1n) is 6.31. The van der Waals surface area contributed by atoms with Crippen LogP contribution in [-0.4, -0.2) is 23.5 Å². The highest BCUT2D eigenvalue weighted by atomic mass is 16.2. The fourth-order valence-corrected chi connectivity index (χ4v) is 1.95. The zero-order valence-corrected chi connectivity index (χ0v) is 11.1. The molecule has 0 saturated carbocycles. The van der Waals surface area contributed by atoms with Crippen LogP contribution in [-0.2, 0) is 4.79 Å². The van der Waals surface area contributed by atoms with E-state index in [4.69, 9.17) is 5.73 Å². The molecule has 4 N–H and O–H groups in total. The molecule has 0 aliphatic rings. The molecule has 5 heteroatoms. The number of anilines is 2. The number of hydrogen-bond donors (Lipinski definition) is 3. The second-order valence-electron chi connectivity index (χ2n) is 4.36. The Bertz CT molecular complexity index is 597. The Morgan fingerprint density at radius 3 is 2.95 bits per heavy atom. The number of carbonyl (C=O) groups is 1. The van der Waals surface area contributed by atoms with Crippen LogP contribution >= 0.6 is 0 Å². The molecule has 2 rings (SSSR count). The van der Waals surface area contributed by atoms with E-state index in [1.165, 1.54) is 0 Å². The Morgan fingerprint density at radius 2 is 2.21 bits per heavy atom. The number of likely N-dealkylation sites (N-methyl/N-ethyl adjacent to an activating group) is 1. The predicted molar refractivity (Wildman–Crippen MR) is 77.9 cm³/mol. The molecule has 1 aromatic carbocycles. The number of hydrogen-bond acceptors (Lipinski definition) is 4. The number of nitrogens with two attached hydrogens (primary N) is 1. The zero-order chi connectivity index (χ0) is 13.8. The molecule has 1 amide bonds. The van der Waals surface area contributed by atoms with Gasteiger partial charge >= 0.3 is 0 Å². The first kappa shape index (κ1) is 13.1. The van der Waals surface area contributed by atoms with Crippen molar-refractivity contribution in [2.45, 2.75) is 19.9 Å². The van der Waals surface area contributed by atoms with Gasteiger partial charge in [0, 0.05) is 23.8 Å². The minimum atomic E-state index is -0.313. The van der Waals surface area contributed by atoms with E-state index < -0.39 is 0 Å². The van der Waals surface area contributed by atoms with Gasteiger partial charge in [0.25, 0.3) is 0 Å². The van der Waals surface area contributed by atoms with Crippen molar-refractivity contribution >= 4 is 28.2 Å². The smallest absolute Gasteiger partial charge is 0.242 e. The van der Waals surface area contributed by atoms with Gasteiger partial charge in [-0.2, -0.15) is 0 Å². The van der Waals surface area contributed by atoms with Crippen LogP contribution in [0, 0.1) is 0 Å². The molecular formula is C14H18N4O. The highest BCUT2D eigenvalue weighted by molar-refractivity contribution is 5.99. The van der Waals surface area contributed by atoms with Gasteiger partial charge in [0.1, 0.15) is 6.04 Å². The van der Waals surface area contributed by atoms with Gasteiger partial charge in [0.2, 0.25) is 5.91 Å². The monoisotopic (exact) mass is 258 g/mol. The van der Waals surface area contributed by atoms with E-state index in [9.17, 15) is 4.79 Å². The molecule has 0 radical (unpaired) electrons. The minimum Gasteiger partial charge on any atom is -0.397 e. The number of benzene rings is 1. The summed E-state index contributed by atoms with van der Waals surface area (Å²) in [5.74, 6) is -0.0311. The van der Waals surface area contributed by atoms with Crippen LogP contribution in [0.25, 0.3) is 10.9 Å². The van der Waals surface area contributed by atoms with E-state index in [1.54, 1.807) is 12.3 Å². The van der Waals surface area contributed by atoms with E-state index in [0.717, 1.165) is 16.6 Å². The van der Waals surface area contributed by atoms with Gasteiger partial charge in [0.15, 0.2) is 0 Å². The number of nitrogen functional groups attached to an aromatic ring is 1. The summed E-state index contributed by atoms with van der Waals surface area (Å²) in [5, 5.41) is 6.89. The fraction of sp³-hybridized carbons (Fsp3) is 0.286. The molecule has 0 aliphatic heterocycles. The van der Waals surface area contributed by atoms with Gasteiger partial charge in [-0.3, -0.25) is 9.78 Å². The lowest BCUT2D eigenvalue weighted by molar-refractivity contribution is -0.121. The van der Waals surface area contributed by atoms with Crippen molar-refractivity contribution < 1.29 is 4.79 Å². The second kappa shape index (κ2) is 5.56. The quantitative estimate of drug-likeness (QED) is 0.730. The molecule has 0 bridgehead atoms. The average molecular weight is 258 g/mol. The van der Waals surface area contributed by atoms with Crippen LogP contribution in [0.3, 0.4) is 0 Å². The average Bonchev–Trinajstić information content (AvgIpc) is 2.42. The third-order valence-corrected chi connectivity index (χ3v) is 2.92. The molecule has 1 atom stereocenters. The van der Waals surface area contributed by atoms with Crippen LogP contribution in [0.4, 0.5) is 11.4 Å². The van der Waals surface area contributed by atoms with Crippen molar-refractivity contribution in [3.05, 3.63) is 30.5 Å². The lowest BCUT2D eigenvalue weighted by Crippen LogP contribution is -2.37. The van der Waals surface area contributed by atoms with Crippen molar-refractivity contribution in [1.82, 2.24) is 10.3 Å². The van der Waals surface area contributed by atoms with E-state index in [2.05, 4.69) is 15.6 Å². The summed E-state index contributed by atoms with van der Waals surface area (Å²) >= 11 is 0. The van der Waals surface area contributed by atoms with Crippen molar-refractivity contribution in [2.24, 2.45) is 0 Å². The largest absolute Gasteiger partial charge is 0.397 e. The van der Waals surface area contributed by atoms with Gasteiger partial charge in [-0.25, -0.2) is 0 Å². The first-order valence-corrected chi connectivity index (χ1v) is 6.31. The molecule has 1 heterocycles.